The van der Waals surface area contributed by atoms with Crippen LogP contribution in [0.25, 0.3) is 0 Å². The molecule has 1 saturated heterocycles. The number of likely N-dealkylation sites (tertiary alicyclic amines) is 1. The van der Waals surface area contributed by atoms with Gasteiger partial charge in [-0.2, -0.15) is 0 Å². The van der Waals surface area contributed by atoms with Gasteiger partial charge in [-0.05, 0) is 44.7 Å². The second kappa shape index (κ2) is 5.70. The summed E-state index contributed by atoms with van der Waals surface area (Å²) in [7, 11) is 0. The van der Waals surface area contributed by atoms with Crippen LogP contribution in [0.3, 0.4) is 0 Å². The van der Waals surface area contributed by atoms with Crippen molar-refractivity contribution in [2.45, 2.75) is 32.1 Å². The van der Waals surface area contributed by atoms with Crippen molar-refractivity contribution in [2.24, 2.45) is 5.92 Å². The first-order chi connectivity index (χ1) is 8.58. The molecular weight excluding hydrogens is 248 g/mol. The number of pyridine rings is 1. The normalized spacial score (nSPS) is 18.7. The van der Waals surface area contributed by atoms with Crippen LogP contribution in [-0.2, 0) is 0 Å². The minimum absolute atomic E-state index is 0.0863. The van der Waals surface area contributed by atoms with Crippen molar-refractivity contribution in [1.29, 1.82) is 0 Å². The fourth-order valence-corrected chi connectivity index (χ4v) is 2.59. The molecule has 0 aliphatic carbocycles. The topological polar surface area (TPSA) is 33.2 Å². The molecule has 1 amide bonds. The molecule has 1 aromatic rings. The second-order valence-electron chi connectivity index (χ2n) is 5.00. The molecule has 2 rings (SSSR count). The Morgan fingerprint density at radius 3 is 2.61 bits per heavy atom. The highest BCUT2D eigenvalue weighted by molar-refractivity contribution is 6.20. The summed E-state index contributed by atoms with van der Waals surface area (Å²) in [6, 6.07) is 3.72. The average molecular weight is 267 g/mol. The number of hydrogen-bond donors (Lipinski definition) is 0. The number of aryl methyl sites for hydroxylation is 1. The van der Waals surface area contributed by atoms with E-state index in [2.05, 4.69) is 4.98 Å². The van der Waals surface area contributed by atoms with E-state index in [-0.39, 0.29) is 11.3 Å². The number of rotatable bonds is 2. The summed E-state index contributed by atoms with van der Waals surface area (Å²) in [5.74, 6) is 0.620. The van der Waals surface area contributed by atoms with Crippen molar-refractivity contribution in [3.05, 3.63) is 29.6 Å². The third kappa shape index (κ3) is 3.02. The van der Waals surface area contributed by atoms with Crippen molar-refractivity contribution in [1.82, 2.24) is 9.88 Å². The van der Waals surface area contributed by atoms with E-state index < -0.39 is 0 Å². The zero-order valence-corrected chi connectivity index (χ0v) is 11.7. The summed E-state index contributed by atoms with van der Waals surface area (Å²) >= 11 is 6.10. The minimum Gasteiger partial charge on any atom is -0.339 e. The smallest absolute Gasteiger partial charge is 0.255 e. The number of hydrogen-bond acceptors (Lipinski definition) is 2. The molecule has 1 fully saturated rings. The molecule has 0 saturated carbocycles. The predicted octanol–water partition coefficient (Wildman–Crippen LogP) is 2.87. The Kier molecular flexibility index (Phi) is 4.23. The molecule has 0 N–H and O–H groups in total. The van der Waals surface area contributed by atoms with Gasteiger partial charge in [0.05, 0.1) is 5.56 Å². The summed E-state index contributed by atoms with van der Waals surface area (Å²) in [5, 5.41) is 0.197. The van der Waals surface area contributed by atoms with E-state index >= 15 is 0 Å². The van der Waals surface area contributed by atoms with Crippen LogP contribution in [0.4, 0.5) is 0 Å². The molecule has 1 aliphatic rings. The highest BCUT2D eigenvalue weighted by Crippen LogP contribution is 2.24. The van der Waals surface area contributed by atoms with Gasteiger partial charge in [0.15, 0.2) is 0 Å². The number of piperidine rings is 1. The highest BCUT2D eigenvalue weighted by atomic mass is 35.5. The fourth-order valence-electron chi connectivity index (χ4n) is 2.34. The van der Waals surface area contributed by atoms with Crippen LogP contribution in [-0.4, -0.2) is 34.3 Å². The van der Waals surface area contributed by atoms with E-state index in [1.165, 1.54) is 0 Å². The lowest BCUT2D eigenvalue weighted by atomic mass is 9.93. The maximum absolute atomic E-state index is 12.2. The van der Waals surface area contributed by atoms with E-state index in [1.54, 1.807) is 6.20 Å². The summed E-state index contributed by atoms with van der Waals surface area (Å²) in [6.45, 7) is 5.55. The van der Waals surface area contributed by atoms with E-state index in [4.69, 9.17) is 11.6 Å². The van der Waals surface area contributed by atoms with Crippen LogP contribution in [0.15, 0.2) is 18.3 Å². The van der Waals surface area contributed by atoms with Gasteiger partial charge in [-0.3, -0.25) is 9.78 Å². The predicted molar refractivity (Wildman–Crippen MR) is 72.9 cm³/mol. The van der Waals surface area contributed by atoms with Crippen molar-refractivity contribution in [2.75, 3.05) is 13.1 Å². The van der Waals surface area contributed by atoms with E-state index in [0.29, 0.717) is 11.5 Å². The molecular formula is C14H19ClN2O. The Balaban J connectivity index is 1.97. The summed E-state index contributed by atoms with van der Waals surface area (Å²) in [4.78, 5) is 18.3. The first-order valence-corrected chi connectivity index (χ1v) is 6.87. The fraction of sp³-hybridized carbons (Fsp3) is 0.571. The lowest BCUT2D eigenvalue weighted by Crippen LogP contribution is -2.40. The third-order valence-corrected chi connectivity index (χ3v) is 3.99. The number of alkyl halides is 1. The molecule has 2 heterocycles. The summed E-state index contributed by atoms with van der Waals surface area (Å²) in [6.07, 6.45) is 3.65. The molecule has 0 bridgehead atoms. The molecule has 0 radical (unpaired) electrons. The van der Waals surface area contributed by atoms with Gasteiger partial charge in [-0.1, -0.05) is 0 Å². The SMILES string of the molecule is Cc1ccc(C(=O)N2CCC(C(C)Cl)CC2)cn1. The van der Waals surface area contributed by atoms with Gasteiger partial charge in [-0.15, -0.1) is 11.6 Å². The van der Waals surface area contributed by atoms with Crippen molar-refractivity contribution in [3.63, 3.8) is 0 Å². The Morgan fingerprint density at radius 1 is 1.44 bits per heavy atom. The van der Waals surface area contributed by atoms with Crippen LogP contribution in [0, 0.1) is 12.8 Å². The van der Waals surface area contributed by atoms with Gasteiger partial charge >= 0.3 is 0 Å². The van der Waals surface area contributed by atoms with E-state index in [1.807, 2.05) is 30.9 Å². The van der Waals surface area contributed by atoms with Crippen LogP contribution in [0.2, 0.25) is 0 Å². The van der Waals surface area contributed by atoms with Gasteiger partial charge in [0.1, 0.15) is 0 Å². The maximum Gasteiger partial charge on any atom is 0.255 e. The van der Waals surface area contributed by atoms with Crippen LogP contribution in [0.1, 0.15) is 35.8 Å². The molecule has 4 heteroatoms. The van der Waals surface area contributed by atoms with Gasteiger partial charge in [-0.25, -0.2) is 0 Å². The molecule has 0 aromatic carbocycles. The van der Waals surface area contributed by atoms with Gasteiger partial charge in [0, 0.05) is 30.4 Å². The monoisotopic (exact) mass is 266 g/mol. The Morgan fingerprint density at radius 2 is 2.11 bits per heavy atom. The first kappa shape index (κ1) is 13.3. The molecule has 1 aliphatic heterocycles. The number of carbonyl (C=O) groups is 1. The molecule has 1 unspecified atom stereocenters. The van der Waals surface area contributed by atoms with Crippen LogP contribution < -0.4 is 0 Å². The number of nitrogens with zero attached hydrogens (tertiary/aromatic N) is 2. The van der Waals surface area contributed by atoms with Gasteiger partial charge in [0.25, 0.3) is 5.91 Å². The van der Waals surface area contributed by atoms with E-state index in [9.17, 15) is 4.79 Å². The standard InChI is InChI=1S/C14H19ClN2O/c1-10-3-4-13(9-16-10)14(18)17-7-5-12(6-8-17)11(2)15/h3-4,9,11-12H,5-8H2,1-2H3. The number of amides is 1. The lowest BCUT2D eigenvalue weighted by molar-refractivity contribution is 0.0689. The Hall–Kier alpha value is -1.09. The number of carbonyl (C=O) groups excluding carboxylic acids is 1. The Bertz CT molecular complexity index is 408. The molecule has 1 aromatic heterocycles. The summed E-state index contributed by atoms with van der Waals surface area (Å²) < 4.78 is 0. The highest BCUT2D eigenvalue weighted by Gasteiger charge is 2.25. The largest absolute Gasteiger partial charge is 0.339 e. The molecule has 1 atom stereocenters. The van der Waals surface area contributed by atoms with Crippen molar-refractivity contribution >= 4 is 17.5 Å². The molecule has 3 nitrogen and oxygen atoms in total. The van der Waals surface area contributed by atoms with E-state index in [0.717, 1.165) is 31.6 Å². The number of halogens is 1. The zero-order chi connectivity index (χ0) is 13.1. The Labute approximate surface area is 113 Å². The van der Waals surface area contributed by atoms with Crippen LogP contribution in [0.5, 0.6) is 0 Å². The van der Waals surface area contributed by atoms with Gasteiger partial charge in [0.2, 0.25) is 0 Å². The van der Waals surface area contributed by atoms with Crippen molar-refractivity contribution in [3.8, 4) is 0 Å². The zero-order valence-electron chi connectivity index (χ0n) is 10.9. The number of aromatic nitrogens is 1. The molecule has 18 heavy (non-hydrogen) atoms. The second-order valence-corrected chi connectivity index (χ2v) is 5.68. The summed E-state index contributed by atoms with van der Waals surface area (Å²) in [5.41, 5.74) is 1.61. The van der Waals surface area contributed by atoms with Gasteiger partial charge < -0.3 is 4.90 Å². The van der Waals surface area contributed by atoms with Crippen molar-refractivity contribution < 1.29 is 4.79 Å². The molecule has 0 spiro atoms. The minimum atomic E-state index is 0.0863. The molecule has 98 valence electrons. The third-order valence-electron chi connectivity index (χ3n) is 3.63. The van der Waals surface area contributed by atoms with Crippen LogP contribution >= 0.6 is 11.6 Å². The quantitative estimate of drug-likeness (QED) is 0.771. The maximum atomic E-state index is 12.2. The average Bonchev–Trinajstić information content (AvgIpc) is 2.39. The first-order valence-electron chi connectivity index (χ1n) is 6.44. The lowest BCUT2D eigenvalue weighted by Gasteiger charge is -2.33.